The first-order valence-electron chi connectivity index (χ1n) is 6.81. The maximum absolute atomic E-state index is 7.67. The van der Waals surface area contributed by atoms with E-state index in [2.05, 4.69) is 6.92 Å². The van der Waals surface area contributed by atoms with Crippen molar-refractivity contribution in [3.05, 3.63) is 0 Å². The van der Waals surface area contributed by atoms with Crippen LogP contribution >= 0.6 is 0 Å². The second-order valence-electron chi connectivity index (χ2n) is 6.34. The largest absolute Gasteiger partial charge is 0.330 e. The molecule has 2 fully saturated rings. The van der Waals surface area contributed by atoms with E-state index in [1.807, 2.05) is 6.92 Å². The highest BCUT2D eigenvalue weighted by atomic mass is 14.6. The fraction of sp³-hybridized carbons (Fsp3) is 0.929. The van der Waals surface area contributed by atoms with Crippen LogP contribution in [0.4, 0.5) is 0 Å². The van der Waals surface area contributed by atoms with Crippen LogP contribution in [0.25, 0.3) is 0 Å². The summed E-state index contributed by atoms with van der Waals surface area (Å²) in [7, 11) is 0. The SMILES string of the molecule is CC(=N)C1CC2(CCC(C(C)CN)CC2)C1. The van der Waals surface area contributed by atoms with Crippen LogP contribution in [0.2, 0.25) is 0 Å². The molecule has 92 valence electrons. The third kappa shape index (κ3) is 2.17. The van der Waals surface area contributed by atoms with Crippen LogP contribution in [0.3, 0.4) is 0 Å². The molecule has 0 saturated heterocycles. The fourth-order valence-corrected chi connectivity index (χ4v) is 3.71. The molecular formula is C14H26N2. The molecule has 0 amide bonds. The van der Waals surface area contributed by atoms with Gasteiger partial charge in [-0.25, -0.2) is 0 Å². The van der Waals surface area contributed by atoms with Crippen molar-refractivity contribution in [2.24, 2.45) is 28.9 Å². The molecule has 0 bridgehead atoms. The van der Waals surface area contributed by atoms with E-state index in [-0.39, 0.29) is 0 Å². The average Bonchev–Trinajstić information content (AvgIpc) is 2.24. The second-order valence-corrected chi connectivity index (χ2v) is 6.34. The minimum Gasteiger partial charge on any atom is -0.330 e. The van der Waals surface area contributed by atoms with Gasteiger partial charge in [0, 0.05) is 5.71 Å². The Morgan fingerprint density at radius 1 is 1.38 bits per heavy atom. The number of rotatable bonds is 3. The zero-order chi connectivity index (χ0) is 11.8. The van der Waals surface area contributed by atoms with Crippen molar-refractivity contribution in [1.82, 2.24) is 0 Å². The minimum absolute atomic E-state index is 0.614. The van der Waals surface area contributed by atoms with Gasteiger partial charge in [0.1, 0.15) is 0 Å². The molecule has 2 heteroatoms. The van der Waals surface area contributed by atoms with Crippen LogP contribution in [0, 0.1) is 28.6 Å². The number of nitrogens with two attached hydrogens (primary N) is 1. The molecule has 0 heterocycles. The summed E-state index contributed by atoms with van der Waals surface area (Å²) in [5.41, 5.74) is 7.29. The zero-order valence-electron chi connectivity index (χ0n) is 10.8. The first-order chi connectivity index (χ1) is 7.56. The number of hydrogen-bond donors (Lipinski definition) is 2. The molecule has 2 aliphatic carbocycles. The summed E-state index contributed by atoms with van der Waals surface area (Å²) in [4.78, 5) is 0. The van der Waals surface area contributed by atoms with Crippen LogP contribution in [0.15, 0.2) is 0 Å². The van der Waals surface area contributed by atoms with Gasteiger partial charge >= 0.3 is 0 Å². The summed E-state index contributed by atoms with van der Waals surface area (Å²) in [5, 5.41) is 7.67. The van der Waals surface area contributed by atoms with Crippen molar-refractivity contribution in [2.45, 2.75) is 52.4 Å². The molecule has 2 aliphatic rings. The van der Waals surface area contributed by atoms with Crippen LogP contribution < -0.4 is 5.73 Å². The Morgan fingerprint density at radius 3 is 2.38 bits per heavy atom. The Labute approximate surface area is 99.5 Å². The van der Waals surface area contributed by atoms with Crippen molar-refractivity contribution >= 4 is 5.71 Å². The van der Waals surface area contributed by atoms with E-state index < -0.39 is 0 Å². The quantitative estimate of drug-likeness (QED) is 0.708. The molecular weight excluding hydrogens is 196 g/mol. The van der Waals surface area contributed by atoms with Crippen molar-refractivity contribution in [1.29, 1.82) is 5.41 Å². The molecule has 2 saturated carbocycles. The highest BCUT2D eigenvalue weighted by Crippen LogP contribution is 2.56. The van der Waals surface area contributed by atoms with E-state index in [1.165, 1.54) is 38.5 Å². The molecule has 2 nitrogen and oxygen atoms in total. The van der Waals surface area contributed by atoms with Gasteiger partial charge < -0.3 is 11.1 Å². The highest BCUT2D eigenvalue weighted by molar-refractivity contribution is 5.82. The first-order valence-corrected chi connectivity index (χ1v) is 6.81. The maximum Gasteiger partial charge on any atom is 0.00895 e. The average molecular weight is 222 g/mol. The van der Waals surface area contributed by atoms with Gasteiger partial charge in [-0.2, -0.15) is 0 Å². The van der Waals surface area contributed by atoms with Crippen molar-refractivity contribution in [3.63, 3.8) is 0 Å². The summed E-state index contributed by atoms with van der Waals surface area (Å²) in [6, 6.07) is 0. The predicted octanol–water partition coefficient (Wildman–Crippen LogP) is 3.21. The molecule has 0 aromatic rings. The lowest BCUT2D eigenvalue weighted by molar-refractivity contribution is 0.0188. The van der Waals surface area contributed by atoms with Crippen LogP contribution in [0.5, 0.6) is 0 Å². The summed E-state index contributed by atoms with van der Waals surface area (Å²) >= 11 is 0. The Bertz CT molecular complexity index is 256. The van der Waals surface area contributed by atoms with E-state index >= 15 is 0 Å². The van der Waals surface area contributed by atoms with Gasteiger partial charge in [-0.05, 0) is 75.2 Å². The van der Waals surface area contributed by atoms with Gasteiger partial charge in [0.15, 0.2) is 0 Å². The molecule has 0 aromatic heterocycles. The first kappa shape index (κ1) is 12.1. The Balaban J connectivity index is 1.81. The maximum atomic E-state index is 7.67. The van der Waals surface area contributed by atoms with E-state index in [9.17, 15) is 0 Å². The summed E-state index contributed by atoms with van der Waals surface area (Å²) in [6.07, 6.45) is 8.14. The van der Waals surface area contributed by atoms with Crippen molar-refractivity contribution in [2.75, 3.05) is 6.54 Å². The minimum atomic E-state index is 0.614. The lowest BCUT2D eigenvalue weighted by atomic mass is 9.53. The Hall–Kier alpha value is -0.370. The van der Waals surface area contributed by atoms with E-state index in [0.717, 1.165) is 18.2 Å². The number of nitrogens with one attached hydrogen (secondary N) is 1. The van der Waals surface area contributed by atoms with Crippen LogP contribution in [-0.4, -0.2) is 12.3 Å². The van der Waals surface area contributed by atoms with Gasteiger partial charge in [-0.1, -0.05) is 6.92 Å². The standard InChI is InChI=1S/C14H26N2/c1-10(9-15)12-3-5-14(6-4-12)7-13(8-14)11(2)16/h10,12-13,16H,3-9,15H2,1-2H3. The van der Waals surface area contributed by atoms with Gasteiger partial charge in [0.05, 0.1) is 0 Å². The normalized spacial score (nSPS) is 40.4. The van der Waals surface area contributed by atoms with Gasteiger partial charge in [0.25, 0.3) is 0 Å². The van der Waals surface area contributed by atoms with Crippen molar-refractivity contribution in [3.8, 4) is 0 Å². The monoisotopic (exact) mass is 222 g/mol. The Kier molecular flexibility index (Phi) is 3.39. The van der Waals surface area contributed by atoms with Crippen LogP contribution in [-0.2, 0) is 0 Å². The molecule has 0 aliphatic heterocycles. The third-order valence-electron chi connectivity index (χ3n) is 5.24. The number of hydrogen-bond acceptors (Lipinski definition) is 2. The molecule has 1 spiro atoms. The molecule has 3 N–H and O–H groups in total. The summed E-state index contributed by atoms with van der Waals surface area (Å²) < 4.78 is 0. The molecule has 2 rings (SSSR count). The highest BCUT2D eigenvalue weighted by Gasteiger charge is 2.46. The smallest absolute Gasteiger partial charge is 0.00895 e. The third-order valence-corrected chi connectivity index (χ3v) is 5.24. The summed E-state index contributed by atoms with van der Waals surface area (Å²) in [5.74, 6) is 2.19. The zero-order valence-corrected chi connectivity index (χ0v) is 10.8. The van der Waals surface area contributed by atoms with E-state index in [0.29, 0.717) is 17.3 Å². The topological polar surface area (TPSA) is 49.9 Å². The van der Waals surface area contributed by atoms with Crippen LogP contribution in [0.1, 0.15) is 52.4 Å². The van der Waals surface area contributed by atoms with Gasteiger partial charge in [0.2, 0.25) is 0 Å². The summed E-state index contributed by atoms with van der Waals surface area (Å²) in [6.45, 7) is 5.12. The predicted molar refractivity (Wildman–Crippen MR) is 68.7 cm³/mol. The van der Waals surface area contributed by atoms with E-state index in [1.54, 1.807) is 0 Å². The Morgan fingerprint density at radius 2 is 1.94 bits per heavy atom. The lowest BCUT2D eigenvalue weighted by Gasteiger charge is -2.52. The van der Waals surface area contributed by atoms with E-state index in [4.69, 9.17) is 11.1 Å². The molecule has 0 radical (unpaired) electrons. The van der Waals surface area contributed by atoms with Crippen molar-refractivity contribution < 1.29 is 0 Å². The molecule has 16 heavy (non-hydrogen) atoms. The molecule has 0 aromatic carbocycles. The van der Waals surface area contributed by atoms with Gasteiger partial charge in [-0.15, -0.1) is 0 Å². The fourth-order valence-electron chi connectivity index (χ4n) is 3.71. The lowest BCUT2D eigenvalue weighted by Crippen LogP contribution is -2.43. The molecule has 1 atom stereocenters. The van der Waals surface area contributed by atoms with Gasteiger partial charge in [-0.3, -0.25) is 0 Å². The second kappa shape index (κ2) is 4.48. The molecule has 1 unspecified atom stereocenters.